The fourth-order valence-corrected chi connectivity index (χ4v) is 1.77. The van der Waals surface area contributed by atoms with E-state index in [2.05, 4.69) is 22.6 Å². The van der Waals surface area contributed by atoms with Crippen LogP contribution in [-0.4, -0.2) is 9.97 Å². The molecule has 6 heteroatoms. The number of aromatic nitrogens is 2. The molecule has 0 spiro atoms. The van der Waals surface area contributed by atoms with Crippen LogP contribution in [0.1, 0.15) is 16.5 Å². The fourth-order valence-electron chi connectivity index (χ4n) is 1.46. The minimum atomic E-state index is -0.589. The maximum atomic E-state index is 12.7. The minimum absolute atomic E-state index is 0.353. The highest BCUT2D eigenvalue weighted by atomic mass is 32.1. The molecule has 0 amide bonds. The summed E-state index contributed by atoms with van der Waals surface area (Å²) in [5.74, 6) is -0.353. The summed E-state index contributed by atoms with van der Waals surface area (Å²) in [5.41, 5.74) is -0.0248. The van der Waals surface area contributed by atoms with Crippen LogP contribution in [0.15, 0.2) is 39.9 Å². The number of halogens is 1. The Hall–Kier alpha value is -1.82. The largest absolute Gasteiger partial charge is 0.325 e. The number of hydrogen-bond donors (Lipinski definition) is 3. The molecule has 2 N–H and O–H groups in total. The second kappa shape index (κ2) is 4.58. The van der Waals surface area contributed by atoms with E-state index in [0.29, 0.717) is 11.3 Å². The van der Waals surface area contributed by atoms with Gasteiger partial charge in [0.1, 0.15) is 5.82 Å². The molecule has 0 radical (unpaired) electrons. The van der Waals surface area contributed by atoms with Gasteiger partial charge in [0.15, 0.2) is 0 Å². The fraction of sp³-hybridized carbons (Fsp3) is 0.0909. The van der Waals surface area contributed by atoms with Crippen molar-refractivity contribution in [2.45, 2.75) is 5.25 Å². The molecule has 1 heterocycles. The standard InChI is InChI=1S/C11H9FN2O2S/c12-7-3-1-6(2-4-7)10(17)8-5-9(15)14-11(16)13-8/h1-5,10,17H,(H2,13,14,15,16). The zero-order valence-corrected chi connectivity index (χ0v) is 9.50. The lowest BCUT2D eigenvalue weighted by molar-refractivity contribution is 0.627. The zero-order chi connectivity index (χ0) is 12.4. The summed E-state index contributed by atoms with van der Waals surface area (Å²) in [6.07, 6.45) is 0. The van der Waals surface area contributed by atoms with E-state index in [-0.39, 0.29) is 5.82 Å². The Morgan fingerprint density at radius 1 is 1.12 bits per heavy atom. The van der Waals surface area contributed by atoms with E-state index in [1.807, 2.05) is 0 Å². The molecule has 17 heavy (non-hydrogen) atoms. The van der Waals surface area contributed by atoms with Crippen molar-refractivity contribution in [2.75, 3.05) is 0 Å². The predicted octanol–water partition coefficient (Wildman–Crippen LogP) is 1.22. The molecule has 0 aliphatic carbocycles. The predicted molar refractivity (Wildman–Crippen MR) is 64.9 cm³/mol. The molecule has 1 atom stereocenters. The van der Waals surface area contributed by atoms with Gasteiger partial charge in [0.25, 0.3) is 5.56 Å². The number of aromatic amines is 2. The summed E-state index contributed by atoms with van der Waals surface area (Å²) in [6, 6.07) is 6.94. The van der Waals surface area contributed by atoms with Crippen LogP contribution in [0.4, 0.5) is 4.39 Å². The monoisotopic (exact) mass is 252 g/mol. The molecule has 2 aromatic rings. The van der Waals surface area contributed by atoms with Gasteiger partial charge >= 0.3 is 5.69 Å². The molecule has 0 fully saturated rings. The van der Waals surface area contributed by atoms with Crippen molar-refractivity contribution in [3.63, 3.8) is 0 Å². The summed E-state index contributed by atoms with van der Waals surface area (Å²) in [5, 5.41) is -0.481. The van der Waals surface area contributed by atoms with Gasteiger partial charge < -0.3 is 4.98 Å². The smallest absolute Gasteiger partial charge is 0.310 e. The van der Waals surface area contributed by atoms with E-state index in [9.17, 15) is 14.0 Å². The average Bonchev–Trinajstić information content (AvgIpc) is 2.28. The molecular formula is C11H9FN2O2S. The van der Waals surface area contributed by atoms with Gasteiger partial charge in [0.05, 0.1) is 5.25 Å². The Morgan fingerprint density at radius 2 is 1.76 bits per heavy atom. The first-order valence-corrected chi connectivity index (χ1v) is 5.35. The summed E-state index contributed by atoms with van der Waals surface area (Å²) in [4.78, 5) is 26.8. The first kappa shape index (κ1) is 11.7. The van der Waals surface area contributed by atoms with Crippen molar-refractivity contribution in [1.82, 2.24) is 9.97 Å². The van der Waals surface area contributed by atoms with E-state index in [4.69, 9.17) is 0 Å². The lowest BCUT2D eigenvalue weighted by Gasteiger charge is -2.10. The topological polar surface area (TPSA) is 65.7 Å². The third-order valence-electron chi connectivity index (χ3n) is 2.26. The molecule has 1 aromatic heterocycles. The number of nitrogens with one attached hydrogen (secondary N) is 2. The van der Waals surface area contributed by atoms with Crippen molar-refractivity contribution < 1.29 is 4.39 Å². The second-order valence-electron chi connectivity index (χ2n) is 3.50. The minimum Gasteiger partial charge on any atom is -0.310 e. The summed E-state index contributed by atoms with van der Waals surface area (Å²) >= 11 is 4.29. The number of thiol groups is 1. The van der Waals surface area contributed by atoms with Crippen LogP contribution < -0.4 is 11.2 Å². The lowest BCUT2D eigenvalue weighted by atomic mass is 10.1. The maximum absolute atomic E-state index is 12.7. The molecular weight excluding hydrogens is 243 g/mol. The first-order valence-electron chi connectivity index (χ1n) is 4.83. The van der Waals surface area contributed by atoms with Crippen LogP contribution in [0, 0.1) is 5.82 Å². The molecule has 0 saturated heterocycles. The van der Waals surface area contributed by atoms with Crippen LogP contribution >= 0.6 is 12.6 Å². The highest BCUT2D eigenvalue weighted by molar-refractivity contribution is 7.80. The zero-order valence-electron chi connectivity index (χ0n) is 8.61. The quantitative estimate of drug-likeness (QED) is 0.704. The van der Waals surface area contributed by atoms with Crippen LogP contribution in [0.5, 0.6) is 0 Å². The third-order valence-corrected chi connectivity index (χ3v) is 2.84. The van der Waals surface area contributed by atoms with Crippen molar-refractivity contribution in [1.29, 1.82) is 0 Å². The van der Waals surface area contributed by atoms with E-state index in [1.165, 1.54) is 18.2 Å². The Labute approximate surface area is 101 Å². The molecule has 2 rings (SSSR count). The molecule has 0 saturated carbocycles. The molecule has 4 nitrogen and oxygen atoms in total. The van der Waals surface area contributed by atoms with Crippen molar-refractivity contribution in [3.8, 4) is 0 Å². The summed E-state index contributed by atoms with van der Waals surface area (Å²) in [7, 11) is 0. The van der Waals surface area contributed by atoms with Crippen molar-refractivity contribution in [2.24, 2.45) is 0 Å². The molecule has 0 bridgehead atoms. The van der Waals surface area contributed by atoms with E-state index in [0.717, 1.165) is 0 Å². The first-order chi connectivity index (χ1) is 8.06. The number of H-pyrrole nitrogens is 2. The van der Waals surface area contributed by atoms with Gasteiger partial charge in [-0.3, -0.25) is 9.78 Å². The Bertz CT molecular complexity index is 605. The van der Waals surface area contributed by atoms with Gasteiger partial charge in [-0.1, -0.05) is 12.1 Å². The van der Waals surface area contributed by atoms with Crippen molar-refractivity contribution in [3.05, 3.63) is 68.2 Å². The lowest BCUT2D eigenvalue weighted by Crippen LogP contribution is -2.23. The number of rotatable bonds is 2. The van der Waals surface area contributed by atoms with Crippen LogP contribution in [0.2, 0.25) is 0 Å². The van der Waals surface area contributed by atoms with Gasteiger partial charge in [-0.25, -0.2) is 9.18 Å². The van der Waals surface area contributed by atoms with Crippen molar-refractivity contribution >= 4 is 12.6 Å². The Morgan fingerprint density at radius 3 is 2.35 bits per heavy atom. The maximum Gasteiger partial charge on any atom is 0.325 e. The van der Waals surface area contributed by atoms with Crippen LogP contribution in [0.25, 0.3) is 0 Å². The van der Waals surface area contributed by atoms with Gasteiger partial charge in [-0.15, -0.1) is 0 Å². The van der Waals surface area contributed by atoms with Crippen LogP contribution in [-0.2, 0) is 0 Å². The summed E-state index contributed by atoms with van der Waals surface area (Å²) < 4.78 is 12.7. The van der Waals surface area contributed by atoms with Crippen LogP contribution in [0.3, 0.4) is 0 Å². The van der Waals surface area contributed by atoms with Gasteiger partial charge in [0.2, 0.25) is 0 Å². The van der Waals surface area contributed by atoms with Gasteiger partial charge in [0, 0.05) is 11.8 Å². The highest BCUT2D eigenvalue weighted by Crippen LogP contribution is 2.25. The highest BCUT2D eigenvalue weighted by Gasteiger charge is 2.11. The number of hydrogen-bond acceptors (Lipinski definition) is 3. The molecule has 1 unspecified atom stereocenters. The van der Waals surface area contributed by atoms with Gasteiger partial charge in [-0.2, -0.15) is 12.6 Å². The normalized spacial score (nSPS) is 12.4. The molecule has 88 valence electrons. The molecule has 1 aromatic carbocycles. The van der Waals surface area contributed by atoms with E-state index in [1.54, 1.807) is 12.1 Å². The Balaban J connectivity index is 2.43. The van der Waals surface area contributed by atoms with E-state index >= 15 is 0 Å². The molecule has 0 aliphatic rings. The number of benzene rings is 1. The SMILES string of the molecule is O=c1cc(C(S)c2ccc(F)cc2)[nH]c(=O)[nH]1. The average molecular weight is 252 g/mol. The third kappa shape index (κ3) is 2.65. The van der Waals surface area contributed by atoms with Gasteiger partial charge in [-0.05, 0) is 17.7 Å². The summed E-state index contributed by atoms with van der Waals surface area (Å²) in [6.45, 7) is 0. The van der Waals surface area contributed by atoms with E-state index < -0.39 is 16.5 Å². The molecule has 0 aliphatic heterocycles. The Kier molecular flexibility index (Phi) is 3.14. The second-order valence-corrected chi connectivity index (χ2v) is 4.01.